The third kappa shape index (κ3) is 2.26. The zero-order chi connectivity index (χ0) is 10.6. The van der Waals surface area contributed by atoms with E-state index in [4.69, 9.17) is 16.3 Å². The summed E-state index contributed by atoms with van der Waals surface area (Å²) in [5.41, 5.74) is 0.335. The largest absolute Gasteiger partial charge is 0.462 e. The number of aryl methyl sites for hydroxylation is 1. The number of halogens is 1. The molecule has 0 spiro atoms. The van der Waals surface area contributed by atoms with Crippen molar-refractivity contribution in [1.29, 1.82) is 0 Å². The normalized spacial score (nSPS) is 10.2. The summed E-state index contributed by atoms with van der Waals surface area (Å²) in [7, 11) is 0. The lowest BCUT2D eigenvalue weighted by Crippen LogP contribution is -2.05. The fraction of sp³-hybridized carbons (Fsp3) is 0.556. The standard InChI is InChI=1S/C9H13ClN2O2/c1-3-5-12-8(10)7(6-11-12)9(13)14-4-2/h6H,3-5H2,1-2H3. The smallest absolute Gasteiger partial charge is 0.342 e. The van der Waals surface area contributed by atoms with Crippen molar-refractivity contribution in [3.05, 3.63) is 16.9 Å². The van der Waals surface area contributed by atoms with Gasteiger partial charge >= 0.3 is 5.97 Å². The zero-order valence-electron chi connectivity index (χ0n) is 8.29. The summed E-state index contributed by atoms with van der Waals surface area (Å²) in [6, 6.07) is 0. The molecule has 0 aromatic carbocycles. The van der Waals surface area contributed by atoms with Gasteiger partial charge in [-0.15, -0.1) is 0 Å². The molecule has 1 aromatic heterocycles. The Morgan fingerprint density at radius 1 is 1.64 bits per heavy atom. The average Bonchev–Trinajstić information content (AvgIpc) is 2.49. The molecular weight excluding hydrogens is 204 g/mol. The fourth-order valence-corrected chi connectivity index (χ4v) is 1.34. The van der Waals surface area contributed by atoms with Crippen molar-refractivity contribution in [2.24, 2.45) is 0 Å². The quantitative estimate of drug-likeness (QED) is 0.725. The first kappa shape index (κ1) is 11.0. The molecule has 1 aromatic rings. The van der Waals surface area contributed by atoms with Gasteiger partial charge in [-0.2, -0.15) is 5.10 Å². The number of ether oxygens (including phenoxy) is 1. The van der Waals surface area contributed by atoms with Crippen LogP contribution in [0, 0.1) is 0 Å². The van der Waals surface area contributed by atoms with Crippen LogP contribution in [0.2, 0.25) is 5.15 Å². The zero-order valence-corrected chi connectivity index (χ0v) is 9.04. The number of aromatic nitrogens is 2. The number of rotatable bonds is 4. The first-order valence-corrected chi connectivity index (χ1v) is 4.96. The number of hydrogen-bond acceptors (Lipinski definition) is 3. The van der Waals surface area contributed by atoms with Gasteiger partial charge in [0.05, 0.1) is 12.8 Å². The second kappa shape index (κ2) is 5.00. The topological polar surface area (TPSA) is 44.1 Å². The van der Waals surface area contributed by atoms with Gasteiger partial charge in [0, 0.05) is 6.54 Å². The van der Waals surface area contributed by atoms with Crippen molar-refractivity contribution in [3.63, 3.8) is 0 Å². The van der Waals surface area contributed by atoms with Crippen molar-refractivity contribution >= 4 is 17.6 Å². The second-order valence-electron chi connectivity index (χ2n) is 2.79. The van der Waals surface area contributed by atoms with E-state index in [9.17, 15) is 4.79 Å². The van der Waals surface area contributed by atoms with Crippen LogP contribution in [0.3, 0.4) is 0 Å². The highest BCUT2D eigenvalue weighted by Crippen LogP contribution is 2.16. The molecular formula is C9H13ClN2O2. The van der Waals surface area contributed by atoms with E-state index in [1.807, 2.05) is 6.92 Å². The van der Waals surface area contributed by atoms with Gasteiger partial charge in [-0.25, -0.2) is 4.79 Å². The van der Waals surface area contributed by atoms with Gasteiger partial charge in [0.2, 0.25) is 0 Å². The molecule has 5 heteroatoms. The lowest BCUT2D eigenvalue weighted by atomic mass is 10.4. The molecule has 0 unspecified atom stereocenters. The summed E-state index contributed by atoms with van der Waals surface area (Å²) in [4.78, 5) is 11.3. The van der Waals surface area contributed by atoms with Crippen LogP contribution in [0.25, 0.3) is 0 Å². The molecule has 0 aliphatic rings. The third-order valence-corrected chi connectivity index (χ3v) is 2.10. The predicted molar refractivity (Wildman–Crippen MR) is 53.5 cm³/mol. The molecule has 0 aliphatic carbocycles. The number of carbonyl (C=O) groups is 1. The van der Waals surface area contributed by atoms with E-state index in [-0.39, 0.29) is 0 Å². The number of esters is 1. The molecule has 0 bridgehead atoms. The minimum atomic E-state index is -0.417. The van der Waals surface area contributed by atoms with Gasteiger partial charge in [0.25, 0.3) is 0 Å². The molecule has 0 N–H and O–H groups in total. The van der Waals surface area contributed by atoms with Crippen LogP contribution in [0.4, 0.5) is 0 Å². The minimum Gasteiger partial charge on any atom is -0.462 e. The lowest BCUT2D eigenvalue weighted by molar-refractivity contribution is 0.0526. The van der Waals surface area contributed by atoms with Gasteiger partial charge in [0.1, 0.15) is 10.7 Å². The van der Waals surface area contributed by atoms with E-state index >= 15 is 0 Å². The molecule has 0 saturated heterocycles. The molecule has 4 nitrogen and oxygen atoms in total. The third-order valence-electron chi connectivity index (χ3n) is 1.71. The Bertz CT molecular complexity index is 323. The molecule has 0 fully saturated rings. The van der Waals surface area contributed by atoms with E-state index in [1.165, 1.54) is 6.20 Å². The van der Waals surface area contributed by atoms with Gasteiger partial charge in [-0.3, -0.25) is 4.68 Å². The molecule has 0 radical (unpaired) electrons. The van der Waals surface area contributed by atoms with Crippen molar-refractivity contribution in [3.8, 4) is 0 Å². The second-order valence-corrected chi connectivity index (χ2v) is 3.15. The van der Waals surface area contributed by atoms with Crippen LogP contribution in [0.15, 0.2) is 6.20 Å². The highest BCUT2D eigenvalue weighted by Gasteiger charge is 2.16. The maximum absolute atomic E-state index is 11.3. The number of hydrogen-bond donors (Lipinski definition) is 0. The first-order valence-electron chi connectivity index (χ1n) is 4.59. The van der Waals surface area contributed by atoms with Gasteiger partial charge in [0.15, 0.2) is 0 Å². The molecule has 1 rings (SSSR count). The van der Waals surface area contributed by atoms with Gasteiger partial charge in [-0.1, -0.05) is 18.5 Å². The Balaban J connectivity index is 2.83. The van der Waals surface area contributed by atoms with E-state index in [0.29, 0.717) is 23.9 Å². The molecule has 0 amide bonds. The maximum Gasteiger partial charge on any atom is 0.342 e. The van der Waals surface area contributed by atoms with Crippen molar-refractivity contribution < 1.29 is 9.53 Å². The summed E-state index contributed by atoms with van der Waals surface area (Å²) in [5.74, 6) is -0.417. The van der Waals surface area contributed by atoms with Crippen molar-refractivity contribution in [1.82, 2.24) is 9.78 Å². The van der Waals surface area contributed by atoms with Crippen LogP contribution < -0.4 is 0 Å². The molecule has 0 aliphatic heterocycles. The Labute approximate surface area is 87.8 Å². The lowest BCUT2D eigenvalue weighted by Gasteiger charge is -2.01. The fourth-order valence-electron chi connectivity index (χ4n) is 1.08. The molecule has 0 atom stereocenters. The minimum absolute atomic E-state index is 0.335. The van der Waals surface area contributed by atoms with Gasteiger partial charge in [-0.05, 0) is 13.3 Å². The monoisotopic (exact) mass is 216 g/mol. The van der Waals surface area contributed by atoms with E-state index in [2.05, 4.69) is 5.10 Å². The van der Waals surface area contributed by atoms with Crippen LogP contribution in [-0.4, -0.2) is 22.4 Å². The Morgan fingerprint density at radius 2 is 2.36 bits per heavy atom. The van der Waals surface area contributed by atoms with Crippen LogP contribution in [-0.2, 0) is 11.3 Å². The maximum atomic E-state index is 11.3. The molecule has 14 heavy (non-hydrogen) atoms. The summed E-state index contributed by atoms with van der Waals surface area (Å²) in [6.07, 6.45) is 2.36. The Morgan fingerprint density at radius 3 is 2.93 bits per heavy atom. The summed E-state index contributed by atoms with van der Waals surface area (Å²) in [6.45, 7) is 4.82. The predicted octanol–water partition coefficient (Wildman–Crippen LogP) is 2.12. The van der Waals surface area contributed by atoms with Crippen LogP contribution >= 0.6 is 11.6 Å². The average molecular weight is 217 g/mol. The molecule has 0 saturated carbocycles. The highest BCUT2D eigenvalue weighted by atomic mass is 35.5. The summed E-state index contributed by atoms with van der Waals surface area (Å²) < 4.78 is 6.41. The Hall–Kier alpha value is -1.03. The van der Waals surface area contributed by atoms with E-state index in [0.717, 1.165) is 6.42 Å². The number of carbonyl (C=O) groups excluding carboxylic acids is 1. The van der Waals surface area contributed by atoms with Crippen LogP contribution in [0.5, 0.6) is 0 Å². The summed E-state index contributed by atoms with van der Waals surface area (Å²) in [5, 5.41) is 4.34. The SMILES string of the molecule is CCCn1ncc(C(=O)OCC)c1Cl. The Kier molecular flexibility index (Phi) is 3.95. The highest BCUT2D eigenvalue weighted by molar-refractivity contribution is 6.32. The van der Waals surface area contributed by atoms with Crippen molar-refractivity contribution in [2.75, 3.05) is 6.61 Å². The number of nitrogens with zero attached hydrogens (tertiary/aromatic N) is 2. The van der Waals surface area contributed by atoms with Crippen molar-refractivity contribution in [2.45, 2.75) is 26.8 Å². The van der Waals surface area contributed by atoms with E-state index < -0.39 is 5.97 Å². The van der Waals surface area contributed by atoms with Gasteiger partial charge < -0.3 is 4.74 Å². The molecule has 1 heterocycles. The van der Waals surface area contributed by atoms with Crippen LogP contribution in [0.1, 0.15) is 30.6 Å². The first-order chi connectivity index (χ1) is 6.70. The summed E-state index contributed by atoms with van der Waals surface area (Å²) >= 11 is 5.93. The molecule has 78 valence electrons. The van der Waals surface area contributed by atoms with E-state index in [1.54, 1.807) is 11.6 Å².